The molecule has 2 aromatic heterocycles. The largest absolute Gasteiger partial charge is 0.496 e. The summed E-state index contributed by atoms with van der Waals surface area (Å²) < 4.78 is 19.5. The Labute approximate surface area is 237 Å². The van der Waals surface area contributed by atoms with Crippen molar-refractivity contribution in [2.45, 2.75) is 30.4 Å². The molecule has 0 radical (unpaired) electrons. The molecular weight excluding hydrogens is 522 g/mol. The van der Waals surface area contributed by atoms with E-state index in [2.05, 4.69) is 20.3 Å². The summed E-state index contributed by atoms with van der Waals surface area (Å²) in [5, 5.41) is 23.7. The normalized spacial score (nSPS) is 18.9. The summed E-state index contributed by atoms with van der Waals surface area (Å²) in [5.74, 6) is 1.83. The highest BCUT2D eigenvalue weighted by Crippen LogP contribution is 2.47. The molecule has 3 aromatic carbocycles. The van der Waals surface area contributed by atoms with E-state index in [-0.39, 0.29) is 6.61 Å². The minimum atomic E-state index is -1.03. The molecule has 10 nitrogen and oxygen atoms in total. The van der Waals surface area contributed by atoms with Crippen molar-refractivity contribution in [2.75, 3.05) is 26.1 Å². The van der Waals surface area contributed by atoms with Gasteiger partial charge in [0, 0.05) is 17.5 Å². The van der Waals surface area contributed by atoms with Gasteiger partial charge >= 0.3 is 0 Å². The lowest BCUT2D eigenvalue weighted by molar-refractivity contribution is -0.0432. The number of ether oxygens (including phenoxy) is 3. The Bertz CT molecular complexity index is 1600. The highest BCUT2D eigenvalue weighted by Gasteiger charge is 2.42. The Morgan fingerprint density at radius 3 is 2.15 bits per heavy atom. The van der Waals surface area contributed by atoms with E-state index in [1.54, 1.807) is 25.1 Å². The van der Waals surface area contributed by atoms with Crippen molar-refractivity contribution in [3.63, 3.8) is 0 Å². The van der Waals surface area contributed by atoms with E-state index in [0.29, 0.717) is 34.9 Å². The molecule has 6 rings (SSSR count). The van der Waals surface area contributed by atoms with Crippen LogP contribution in [-0.4, -0.2) is 62.8 Å². The van der Waals surface area contributed by atoms with Gasteiger partial charge in [0.15, 0.2) is 17.0 Å². The predicted octanol–water partition coefficient (Wildman–Crippen LogP) is 3.89. The first kappa shape index (κ1) is 26.7. The standard InChI is InChI=1S/C31H31N5O5/c1-39-24-14-8-6-12-21(24)31(20-10-4-3-5-11-20,22-13-7-9-15-25(22)40-2)35-29-28-30(33-18-32-29)36(19-34-28)27-16-23(38)26(17-37)41-27/h3-15,18-19,23,26-27,37-38H,16-17H2,1-2H3,(H,32,33,35)/t23-,26+,27+/m0/s1. The first-order valence-electron chi connectivity index (χ1n) is 13.3. The molecule has 0 amide bonds. The van der Waals surface area contributed by atoms with Crippen LogP contribution in [0.4, 0.5) is 5.82 Å². The lowest BCUT2D eigenvalue weighted by Crippen LogP contribution is -2.39. The van der Waals surface area contributed by atoms with Crippen molar-refractivity contribution >= 4 is 17.0 Å². The summed E-state index contributed by atoms with van der Waals surface area (Å²) >= 11 is 0. The third-order valence-corrected chi connectivity index (χ3v) is 7.59. The summed E-state index contributed by atoms with van der Waals surface area (Å²) in [6, 6.07) is 25.7. The second-order valence-electron chi connectivity index (χ2n) is 9.80. The zero-order valence-corrected chi connectivity index (χ0v) is 22.7. The molecule has 0 saturated carbocycles. The summed E-state index contributed by atoms with van der Waals surface area (Å²) in [4.78, 5) is 13.8. The molecule has 5 aromatic rings. The van der Waals surface area contributed by atoms with E-state index >= 15 is 0 Å². The lowest BCUT2D eigenvalue weighted by Gasteiger charge is -2.38. The molecule has 1 fully saturated rings. The fourth-order valence-electron chi connectivity index (χ4n) is 5.64. The number of para-hydroxylation sites is 2. The summed E-state index contributed by atoms with van der Waals surface area (Å²) in [5.41, 5.74) is 2.62. The van der Waals surface area contributed by atoms with E-state index in [1.807, 2.05) is 78.9 Å². The summed E-state index contributed by atoms with van der Waals surface area (Å²) in [6.07, 6.45) is 1.41. The molecule has 3 N–H and O–H groups in total. The number of imidazole rings is 1. The molecule has 41 heavy (non-hydrogen) atoms. The van der Waals surface area contributed by atoms with Crippen LogP contribution in [-0.2, 0) is 10.3 Å². The van der Waals surface area contributed by atoms with Crippen LogP contribution in [0.1, 0.15) is 29.3 Å². The molecule has 1 aliphatic heterocycles. The zero-order valence-electron chi connectivity index (χ0n) is 22.7. The Hall–Kier alpha value is -4.51. The number of fused-ring (bicyclic) bond motifs is 1. The SMILES string of the molecule is COc1ccccc1C(Nc1ncnc2c1ncn2[C@H]1C[C@H](O)[C@@H](CO)O1)(c1ccccc1)c1ccccc1OC. The number of methoxy groups -OCH3 is 2. The van der Waals surface area contributed by atoms with Gasteiger partial charge < -0.3 is 29.7 Å². The van der Waals surface area contributed by atoms with Gasteiger partial charge in [-0.3, -0.25) is 4.57 Å². The van der Waals surface area contributed by atoms with Gasteiger partial charge in [-0.25, -0.2) is 15.0 Å². The second kappa shape index (κ2) is 11.2. The second-order valence-corrected chi connectivity index (χ2v) is 9.80. The number of aliphatic hydroxyl groups is 2. The van der Waals surface area contributed by atoms with E-state index in [0.717, 1.165) is 16.7 Å². The smallest absolute Gasteiger partial charge is 0.167 e. The number of aliphatic hydroxyl groups excluding tert-OH is 2. The van der Waals surface area contributed by atoms with Gasteiger partial charge in [-0.15, -0.1) is 0 Å². The van der Waals surface area contributed by atoms with Crippen LogP contribution in [0.3, 0.4) is 0 Å². The van der Waals surface area contributed by atoms with E-state index in [4.69, 9.17) is 14.2 Å². The highest BCUT2D eigenvalue weighted by atomic mass is 16.5. The highest BCUT2D eigenvalue weighted by molar-refractivity contribution is 5.84. The number of aromatic nitrogens is 4. The van der Waals surface area contributed by atoms with Gasteiger partial charge in [0.1, 0.15) is 35.7 Å². The van der Waals surface area contributed by atoms with Crippen molar-refractivity contribution in [3.05, 3.63) is 108 Å². The van der Waals surface area contributed by atoms with E-state index in [1.165, 1.54) is 6.33 Å². The average Bonchev–Trinajstić information content (AvgIpc) is 3.63. The Balaban J connectivity index is 1.58. The van der Waals surface area contributed by atoms with Crippen LogP contribution in [0.2, 0.25) is 0 Å². The molecule has 0 aliphatic carbocycles. The van der Waals surface area contributed by atoms with Gasteiger partial charge in [-0.05, 0) is 17.7 Å². The molecule has 1 saturated heterocycles. The van der Waals surface area contributed by atoms with Gasteiger partial charge in [-0.2, -0.15) is 0 Å². The maximum absolute atomic E-state index is 10.3. The number of nitrogens with one attached hydrogen (secondary N) is 1. The first-order valence-corrected chi connectivity index (χ1v) is 13.3. The van der Waals surface area contributed by atoms with Gasteiger partial charge in [0.05, 0.1) is 33.3 Å². The number of hydrogen-bond donors (Lipinski definition) is 3. The molecule has 10 heteroatoms. The summed E-state index contributed by atoms with van der Waals surface area (Å²) in [6.45, 7) is -0.274. The van der Waals surface area contributed by atoms with Crippen LogP contribution in [0, 0.1) is 0 Å². The van der Waals surface area contributed by atoms with Crippen LogP contribution in [0.15, 0.2) is 91.5 Å². The molecule has 0 spiro atoms. The van der Waals surface area contributed by atoms with Gasteiger partial charge in [0.2, 0.25) is 0 Å². The van der Waals surface area contributed by atoms with Crippen LogP contribution in [0.5, 0.6) is 11.5 Å². The average molecular weight is 554 g/mol. The fourth-order valence-corrected chi connectivity index (χ4v) is 5.64. The number of anilines is 1. The molecule has 0 bridgehead atoms. The first-order chi connectivity index (χ1) is 20.1. The Morgan fingerprint density at radius 2 is 1.54 bits per heavy atom. The summed E-state index contributed by atoms with van der Waals surface area (Å²) in [7, 11) is 3.30. The maximum Gasteiger partial charge on any atom is 0.167 e. The van der Waals surface area contributed by atoms with Gasteiger partial charge in [-0.1, -0.05) is 66.7 Å². The predicted molar refractivity (Wildman–Crippen MR) is 153 cm³/mol. The van der Waals surface area contributed by atoms with Crippen molar-refractivity contribution in [1.29, 1.82) is 0 Å². The molecular formula is C31H31N5O5. The third kappa shape index (κ3) is 4.55. The zero-order chi connectivity index (χ0) is 28.4. The van der Waals surface area contributed by atoms with Crippen LogP contribution in [0.25, 0.3) is 11.2 Å². The van der Waals surface area contributed by atoms with E-state index < -0.39 is 24.0 Å². The molecule has 3 heterocycles. The van der Waals surface area contributed by atoms with Gasteiger partial charge in [0.25, 0.3) is 0 Å². The number of rotatable bonds is 9. The Kier molecular flexibility index (Phi) is 7.27. The van der Waals surface area contributed by atoms with Crippen LogP contribution < -0.4 is 14.8 Å². The number of nitrogens with zero attached hydrogens (tertiary/aromatic N) is 4. The van der Waals surface area contributed by atoms with Crippen molar-refractivity contribution in [2.24, 2.45) is 0 Å². The Morgan fingerprint density at radius 1 is 0.902 bits per heavy atom. The van der Waals surface area contributed by atoms with Crippen molar-refractivity contribution < 1.29 is 24.4 Å². The third-order valence-electron chi connectivity index (χ3n) is 7.59. The van der Waals surface area contributed by atoms with Crippen molar-refractivity contribution in [3.8, 4) is 11.5 Å². The topological polar surface area (TPSA) is 124 Å². The molecule has 0 unspecified atom stereocenters. The minimum absolute atomic E-state index is 0.274. The number of benzene rings is 3. The van der Waals surface area contributed by atoms with Crippen molar-refractivity contribution in [1.82, 2.24) is 19.5 Å². The minimum Gasteiger partial charge on any atom is -0.496 e. The quantitative estimate of drug-likeness (QED) is 0.233. The van der Waals surface area contributed by atoms with Crippen LogP contribution >= 0.6 is 0 Å². The van der Waals surface area contributed by atoms with E-state index in [9.17, 15) is 10.2 Å². The molecule has 1 aliphatic rings. The fraction of sp³-hybridized carbons (Fsp3) is 0.258. The monoisotopic (exact) mass is 553 g/mol. The molecule has 210 valence electrons. The maximum atomic E-state index is 10.3. The molecule has 3 atom stereocenters. The number of hydrogen-bond acceptors (Lipinski definition) is 9. The lowest BCUT2D eigenvalue weighted by atomic mass is 9.76.